The smallest absolute Gasteiger partial charge is 0.160 e. The Hall–Kier alpha value is -6.90. The van der Waals surface area contributed by atoms with E-state index >= 15 is 0 Å². The number of hydrogen-bond acceptors (Lipinski definition) is 2. The largest absolute Gasteiger partial charge is 0.228 e. The first-order valence-electron chi connectivity index (χ1n) is 17.7. The van der Waals surface area contributed by atoms with Crippen LogP contribution in [0.2, 0.25) is 0 Å². The first-order valence-corrected chi connectivity index (χ1v) is 17.7. The second kappa shape index (κ2) is 12.5. The first kappa shape index (κ1) is 30.0. The summed E-state index contributed by atoms with van der Waals surface area (Å²) in [6.07, 6.45) is 0. The number of rotatable bonds is 5. The number of benzene rings is 9. The van der Waals surface area contributed by atoms with E-state index < -0.39 is 0 Å². The SMILES string of the molecule is c1ccc(-c2c3ccccc3c(-c3ccccc3)c3cc(-c4cc(-c5ccc6ccccc6c5)nc(-c5ccc6ccccc6c5)n4)ccc23)cc1. The molecule has 0 saturated heterocycles. The Balaban J connectivity index is 1.25. The van der Waals surface area contributed by atoms with Gasteiger partial charge in [0.1, 0.15) is 0 Å². The standard InChI is InChI=1S/C50H32N2/c1-3-15-35(16-4-1)48-42-21-11-12-22-43(42)49(36-17-5-2-6-18-36)45-31-40(27-28-44(45)48)47-32-46(39-25-23-33-13-7-9-19-37(33)29-39)51-50(52-47)41-26-24-34-14-8-10-20-38(34)30-41/h1-32H. The van der Waals surface area contributed by atoms with Gasteiger partial charge in [0.2, 0.25) is 0 Å². The maximum Gasteiger partial charge on any atom is 0.160 e. The van der Waals surface area contributed by atoms with E-state index in [9.17, 15) is 0 Å². The van der Waals surface area contributed by atoms with Crippen molar-refractivity contribution in [2.75, 3.05) is 0 Å². The molecule has 0 fully saturated rings. The predicted molar refractivity (Wildman–Crippen MR) is 219 cm³/mol. The van der Waals surface area contributed by atoms with Gasteiger partial charge in [-0.15, -0.1) is 0 Å². The van der Waals surface area contributed by atoms with Crippen LogP contribution >= 0.6 is 0 Å². The van der Waals surface area contributed by atoms with Crippen LogP contribution in [0.25, 0.3) is 99.2 Å². The average molecular weight is 661 g/mol. The minimum absolute atomic E-state index is 0.707. The van der Waals surface area contributed by atoms with E-state index in [0.29, 0.717) is 5.82 Å². The Morgan fingerprint density at radius 3 is 1.27 bits per heavy atom. The molecular formula is C50H32N2. The van der Waals surface area contributed by atoms with Gasteiger partial charge in [-0.3, -0.25) is 0 Å². The summed E-state index contributed by atoms with van der Waals surface area (Å²) in [6.45, 7) is 0. The summed E-state index contributed by atoms with van der Waals surface area (Å²) in [6, 6.07) is 69.4. The minimum atomic E-state index is 0.707. The van der Waals surface area contributed by atoms with Crippen molar-refractivity contribution in [1.29, 1.82) is 0 Å². The number of aromatic nitrogens is 2. The summed E-state index contributed by atoms with van der Waals surface area (Å²) in [5, 5.41) is 9.64. The van der Waals surface area contributed by atoms with Crippen LogP contribution < -0.4 is 0 Å². The molecule has 1 aromatic heterocycles. The van der Waals surface area contributed by atoms with E-state index in [4.69, 9.17) is 9.97 Å². The zero-order valence-corrected chi connectivity index (χ0v) is 28.4. The second-order valence-electron chi connectivity index (χ2n) is 13.4. The summed E-state index contributed by atoms with van der Waals surface area (Å²) in [4.78, 5) is 10.5. The molecule has 0 spiro atoms. The summed E-state index contributed by atoms with van der Waals surface area (Å²) in [5.74, 6) is 0.707. The number of nitrogens with zero attached hydrogens (tertiary/aromatic N) is 2. The molecule has 9 aromatic carbocycles. The van der Waals surface area contributed by atoms with Gasteiger partial charge in [-0.05, 0) is 89.6 Å². The van der Waals surface area contributed by atoms with Crippen molar-refractivity contribution in [2.45, 2.75) is 0 Å². The van der Waals surface area contributed by atoms with Crippen molar-refractivity contribution in [3.63, 3.8) is 0 Å². The lowest BCUT2D eigenvalue weighted by Crippen LogP contribution is -1.97. The van der Waals surface area contributed by atoms with Gasteiger partial charge >= 0.3 is 0 Å². The van der Waals surface area contributed by atoms with Crippen LogP contribution in [0.1, 0.15) is 0 Å². The fourth-order valence-electron chi connectivity index (χ4n) is 7.72. The Morgan fingerprint density at radius 2 is 0.673 bits per heavy atom. The Bertz CT molecular complexity index is 2850. The third-order valence-electron chi connectivity index (χ3n) is 10.2. The Kier molecular flexibility index (Phi) is 7.18. The molecular weight excluding hydrogens is 629 g/mol. The third-order valence-corrected chi connectivity index (χ3v) is 10.2. The zero-order chi connectivity index (χ0) is 34.4. The van der Waals surface area contributed by atoms with E-state index in [2.05, 4.69) is 194 Å². The summed E-state index contributed by atoms with van der Waals surface area (Å²) < 4.78 is 0. The van der Waals surface area contributed by atoms with Crippen molar-refractivity contribution in [1.82, 2.24) is 9.97 Å². The fraction of sp³-hybridized carbons (Fsp3) is 0. The quantitative estimate of drug-likeness (QED) is 0.172. The monoisotopic (exact) mass is 660 g/mol. The maximum absolute atomic E-state index is 5.31. The van der Waals surface area contributed by atoms with E-state index in [0.717, 1.165) is 28.1 Å². The van der Waals surface area contributed by atoms with E-state index in [1.807, 2.05) is 0 Å². The minimum Gasteiger partial charge on any atom is -0.228 e. The topological polar surface area (TPSA) is 25.8 Å². The Labute approximate surface area is 302 Å². The summed E-state index contributed by atoms with van der Waals surface area (Å²) in [5.41, 5.74) is 9.75. The Morgan fingerprint density at radius 1 is 0.250 bits per heavy atom. The van der Waals surface area contributed by atoms with Gasteiger partial charge in [0.25, 0.3) is 0 Å². The van der Waals surface area contributed by atoms with Crippen molar-refractivity contribution in [3.05, 3.63) is 194 Å². The molecule has 0 N–H and O–H groups in total. The van der Waals surface area contributed by atoms with Crippen LogP contribution in [0.5, 0.6) is 0 Å². The van der Waals surface area contributed by atoms with Crippen molar-refractivity contribution in [2.24, 2.45) is 0 Å². The van der Waals surface area contributed by atoms with Crippen LogP contribution in [0.4, 0.5) is 0 Å². The summed E-state index contributed by atoms with van der Waals surface area (Å²) >= 11 is 0. The highest BCUT2D eigenvalue weighted by Gasteiger charge is 2.19. The molecule has 0 saturated carbocycles. The normalized spacial score (nSPS) is 11.5. The predicted octanol–water partition coefficient (Wildman–Crippen LogP) is 13.4. The number of hydrogen-bond donors (Lipinski definition) is 0. The molecule has 0 unspecified atom stereocenters. The molecule has 2 nitrogen and oxygen atoms in total. The van der Waals surface area contributed by atoms with Crippen LogP contribution in [0.15, 0.2) is 194 Å². The third kappa shape index (κ3) is 5.21. The van der Waals surface area contributed by atoms with E-state index in [1.165, 1.54) is 65.3 Å². The highest BCUT2D eigenvalue weighted by Crippen LogP contribution is 2.45. The van der Waals surface area contributed by atoms with Gasteiger partial charge in [0.15, 0.2) is 5.82 Å². The fourth-order valence-corrected chi connectivity index (χ4v) is 7.72. The second-order valence-corrected chi connectivity index (χ2v) is 13.4. The number of fused-ring (bicyclic) bond motifs is 4. The van der Waals surface area contributed by atoms with Crippen LogP contribution in [-0.2, 0) is 0 Å². The molecule has 0 aliphatic rings. The molecule has 1 heterocycles. The summed E-state index contributed by atoms with van der Waals surface area (Å²) in [7, 11) is 0. The molecule has 242 valence electrons. The lowest BCUT2D eigenvalue weighted by Gasteiger charge is -2.19. The molecule has 0 bridgehead atoms. The van der Waals surface area contributed by atoms with Crippen LogP contribution in [0, 0.1) is 0 Å². The molecule has 52 heavy (non-hydrogen) atoms. The van der Waals surface area contributed by atoms with Gasteiger partial charge in [-0.25, -0.2) is 9.97 Å². The van der Waals surface area contributed by atoms with Crippen molar-refractivity contribution < 1.29 is 0 Å². The molecule has 0 aliphatic heterocycles. The van der Waals surface area contributed by atoms with Gasteiger partial charge in [-0.1, -0.05) is 170 Å². The zero-order valence-electron chi connectivity index (χ0n) is 28.4. The average Bonchev–Trinajstić information content (AvgIpc) is 3.22. The lowest BCUT2D eigenvalue weighted by molar-refractivity contribution is 1.19. The van der Waals surface area contributed by atoms with Gasteiger partial charge < -0.3 is 0 Å². The molecule has 0 amide bonds. The van der Waals surface area contributed by atoms with Crippen molar-refractivity contribution in [3.8, 4) is 56.2 Å². The van der Waals surface area contributed by atoms with E-state index in [-0.39, 0.29) is 0 Å². The van der Waals surface area contributed by atoms with Gasteiger partial charge in [-0.2, -0.15) is 0 Å². The molecule has 2 heteroatoms. The van der Waals surface area contributed by atoms with Crippen LogP contribution in [-0.4, -0.2) is 9.97 Å². The molecule has 10 rings (SSSR count). The molecule has 0 aliphatic carbocycles. The van der Waals surface area contributed by atoms with Gasteiger partial charge in [0, 0.05) is 16.7 Å². The molecule has 0 radical (unpaired) electrons. The molecule has 10 aromatic rings. The first-order chi connectivity index (χ1) is 25.8. The van der Waals surface area contributed by atoms with Crippen LogP contribution in [0.3, 0.4) is 0 Å². The molecule has 0 atom stereocenters. The highest BCUT2D eigenvalue weighted by atomic mass is 14.9. The van der Waals surface area contributed by atoms with Gasteiger partial charge in [0.05, 0.1) is 11.4 Å². The van der Waals surface area contributed by atoms with E-state index in [1.54, 1.807) is 0 Å². The van der Waals surface area contributed by atoms with Crippen molar-refractivity contribution >= 4 is 43.1 Å². The highest BCUT2D eigenvalue weighted by molar-refractivity contribution is 6.22. The lowest BCUT2D eigenvalue weighted by atomic mass is 9.85. The maximum atomic E-state index is 5.31.